The summed E-state index contributed by atoms with van der Waals surface area (Å²) in [4.78, 5) is 20.9. The normalized spacial score (nSPS) is 9.92. The summed E-state index contributed by atoms with van der Waals surface area (Å²) in [5, 5.41) is 34.1. The van der Waals surface area contributed by atoms with Gasteiger partial charge in [0.25, 0.3) is 0 Å². The summed E-state index contributed by atoms with van der Waals surface area (Å²) in [6.45, 7) is 0.676. The molecule has 4 N–H and O–H groups in total. The molecule has 0 unspecified atom stereocenters. The number of unbranched alkanes of at least 4 members (excludes halogenated alkanes) is 7. The standard InChI is InChI=1S/C10H22O2.C8H6O4/c11-9-7-5-3-1-2-4-6-8-10-12;9-7(10)5-3-1-2-4-6(5)8(11)12/h11-12H,1-10H2;1-4H,(H,9,10)(H,11,12). The monoisotopic (exact) mass is 340 g/mol. The van der Waals surface area contributed by atoms with Gasteiger partial charge in [0.15, 0.2) is 0 Å². The van der Waals surface area contributed by atoms with Gasteiger partial charge in [-0.3, -0.25) is 0 Å². The van der Waals surface area contributed by atoms with Crippen molar-refractivity contribution in [1.29, 1.82) is 0 Å². The zero-order valence-corrected chi connectivity index (χ0v) is 14.0. The molecule has 136 valence electrons. The van der Waals surface area contributed by atoms with Gasteiger partial charge >= 0.3 is 11.9 Å². The Hall–Kier alpha value is -1.92. The van der Waals surface area contributed by atoms with Crippen LogP contribution in [0.15, 0.2) is 24.3 Å². The molecular weight excluding hydrogens is 312 g/mol. The van der Waals surface area contributed by atoms with Crippen molar-refractivity contribution in [3.8, 4) is 0 Å². The van der Waals surface area contributed by atoms with E-state index in [2.05, 4.69) is 0 Å². The van der Waals surface area contributed by atoms with Gasteiger partial charge in [0.1, 0.15) is 0 Å². The molecule has 0 radical (unpaired) electrons. The molecule has 6 heteroatoms. The fourth-order valence-electron chi connectivity index (χ4n) is 2.14. The highest BCUT2D eigenvalue weighted by Crippen LogP contribution is 2.08. The number of carboxylic acid groups (broad SMARTS) is 2. The smallest absolute Gasteiger partial charge is 0.336 e. The Balaban J connectivity index is 0.000000441. The first-order chi connectivity index (χ1) is 11.5. The molecule has 0 heterocycles. The number of hydrogen-bond donors (Lipinski definition) is 4. The second kappa shape index (κ2) is 14.7. The molecule has 0 aliphatic carbocycles. The van der Waals surface area contributed by atoms with Gasteiger partial charge in [0, 0.05) is 13.2 Å². The van der Waals surface area contributed by atoms with E-state index in [0.717, 1.165) is 25.7 Å². The van der Waals surface area contributed by atoms with E-state index < -0.39 is 11.9 Å². The van der Waals surface area contributed by atoms with Crippen LogP contribution in [0.3, 0.4) is 0 Å². The predicted octanol–water partition coefficient (Wildman–Crippen LogP) is 3.17. The van der Waals surface area contributed by atoms with E-state index in [4.69, 9.17) is 20.4 Å². The van der Waals surface area contributed by atoms with Crippen LogP contribution in [0.4, 0.5) is 0 Å². The van der Waals surface area contributed by atoms with E-state index in [1.807, 2.05) is 0 Å². The van der Waals surface area contributed by atoms with E-state index in [9.17, 15) is 9.59 Å². The Morgan fingerprint density at radius 1 is 0.625 bits per heavy atom. The number of aromatic carboxylic acids is 2. The first-order valence-electron chi connectivity index (χ1n) is 8.32. The third-order valence-corrected chi connectivity index (χ3v) is 3.45. The first kappa shape index (κ1) is 22.1. The molecule has 24 heavy (non-hydrogen) atoms. The maximum atomic E-state index is 10.5. The number of rotatable bonds is 11. The van der Waals surface area contributed by atoms with Gasteiger partial charge in [-0.25, -0.2) is 9.59 Å². The molecule has 0 spiro atoms. The fraction of sp³-hybridized carbons (Fsp3) is 0.556. The topological polar surface area (TPSA) is 115 Å². The number of aliphatic hydroxyl groups excluding tert-OH is 2. The summed E-state index contributed by atoms with van der Waals surface area (Å²) in [6.07, 6.45) is 9.30. The molecule has 0 saturated carbocycles. The van der Waals surface area contributed by atoms with Crippen LogP contribution >= 0.6 is 0 Å². The van der Waals surface area contributed by atoms with Crippen LogP contribution in [0, 0.1) is 0 Å². The predicted molar refractivity (Wildman–Crippen MR) is 91.5 cm³/mol. The largest absolute Gasteiger partial charge is 0.478 e. The minimum atomic E-state index is -1.23. The van der Waals surface area contributed by atoms with Gasteiger partial charge in [-0.2, -0.15) is 0 Å². The summed E-state index contributed by atoms with van der Waals surface area (Å²) in [5.74, 6) is -2.46. The highest BCUT2D eigenvalue weighted by Gasteiger charge is 2.13. The van der Waals surface area contributed by atoms with Crippen molar-refractivity contribution in [3.05, 3.63) is 35.4 Å². The van der Waals surface area contributed by atoms with E-state index in [-0.39, 0.29) is 11.1 Å². The molecule has 1 aromatic carbocycles. The van der Waals surface area contributed by atoms with E-state index in [1.165, 1.54) is 49.9 Å². The number of carbonyl (C=O) groups is 2. The quantitative estimate of drug-likeness (QED) is 0.460. The van der Waals surface area contributed by atoms with Crippen molar-refractivity contribution < 1.29 is 30.0 Å². The SMILES string of the molecule is O=C(O)c1ccccc1C(=O)O.OCCCCCCCCCCO. The molecule has 1 aromatic rings. The highest BCUT2D eigenvalue weighted by atomic mass is 16.4. The van der Waals surface area contributed by atoms with E-state index in [1.54, 1.807) is 0 Å². The Bertz CT molecular complexity index is 429. The second-order valence-electron chi connectivity index (χ2n) is 5.43. The molecule has 0 saturated heterocycles. The van der Waals surface area contributed by atoms with Crippen molar-refractivity contribution in [2.45, 2.75) is 51.4 Å². The molecule has 6 nitrogen and oxygen atoms in total. The summed E-state index contributed by atoms with van der Waals surface area (Å²) < 4.78 is 0. The van der Waals surface area contributed by atoms with Crippen molar-refractivity contribution in [3.63, 3.8) is 0 Å². The van der Waals surface area contributed by atoms with E-state index in [0.29, 0.717) is 13.2 Å². The molecule has 0 aromatic heterocycles. The van der Waals surface area contributed by atoms with Crippen LogP contribution < -0.4 is 0 Å². The molecule has 0 bridgehead atoms. The third kappa shape index (κ3) is 10.7. The van der Waals surface area contributed by atoms with Crippen molar-refractivity contribution in [2.75, 3.05) is 13.2 Å². The Morgan fingerprint density at radius 3 is 1.17 bits per heavy atom. The molecule has 0 fully saturated rings. The lowest BCUT2D eigenvalue weighted by atomic mass is 10.1. The zero-order valence-electron chi connectivity index (χ0n) is 14.0. The number of carboxylic acids is 2. The van der Waals surface area contributed by atoms with Crippen LogP contribution in [0.1, 0.15) is 72.1 Å². The Morgan fingerprint density at radius 2 is 0.917 bits per heavy atom. The Labute approximate surface area is 142 Å². The lowest BCUT2D eigenvalue weighted by molar-refractivity contribution is 0.0651. The number of aliphatic hydroxyl groups is 2. The second-order valence-corrected chi connectivity index (χ2v) is 5.43. The minimum absolute atomic E-state index is 0.190. The van der Waals surface area contributed by atoms with Gasteiger partial charge in [-0.1, -0.05) is 50.7 Å². The zero-order chi connectivity index (χ0) is 18.2. The number of benzene rings is 1. The van der Waals surface area contributed by atoms with Crippen LogP contribution in [0.5, 0.6) is 0 Å². The van der Waals surface area contributed by atoms with E-state index >= 15 is 0 Å². The first-order valence-corrected chi connectivity index (χ1v) is 8.32. The summed E-state index contributed by atoms with van der Waals surface area (Å²) in [7, 11) is 0. The van der Waals surface area contributed by atoms with Crippen LogP contribution in [-0.2, 0) is 0 Å². The van der Waals surface area contributed by atoms with Gasteiger partial charge in [-0.05, 0) is 25.0 Å². The minimum Gasteiger partial charge on any atom is -0.478 e. The van der Waals surface area contributed by atoms with Gasteiger partial charge in [0.05, 0.1) is 11.1 Å². The van der Waals surface area contributed by atoms with Gasteiger partial charge < -0.3 is 20.4 Å². The summed E-state index contributed by atoms with van der Waals surface area (Å²) >= 11 is 0. The fourth-order valence-corrected chi connectivity index (χ4v) is 2.14. The van der Waals surface area contributed by atoms with Crippen molar-refractivity contribution in [1.82, 2.24) is 0 Å². The maximum absolute atomic E-state index is 10.5. The number of hydrogen-bond acceptors (Lipinski definition) is 4. The van der Waals surface area contributed by atoms with Crippen LogP contribution in [0.2, 0.25) is 0 Å². The highest BCUT2D eigenvalue weighted by molar-refractivity contribution is 6.01. The van der Waals surface area contributed by atoms with Gasteiger partial charge in [0.2, 0.25) is 0 Å². The van der Waals surface area contributed by atoms with Crippen molar-refractivity contribution >= 4 is 11.9 Å². The lowest BCUT2D eigenvalue weighted by Crippen LogP contribution is -2.06. The molecular formula is C18H28O6. The molecule has 0 aliphatic rings. The molecule has 0 amide bonds. The summed E-state index contributed by atoms with van der Waals surface area (Å²) in [6, 6.07) is 5.48. The molecule has 1 rings (SSSR count). The maximum Gasteiger partial charge on any atom is 0.336 e. The van der Waals surface area contributed by atoms with Crippen molar-refractivity contribution in [2.24, 2.45) is 0 Å². The third-order valence-electron chi connectivity index (χ3n) is 3.45. The molecule has 0 aliphatic heterocycles. The summed E-state index contributed by atoms with van der Waals surface area (Å²) in [5.41, 5.74) is -0.380. The lowest BCUT2D eigenvalue weighted by Gasteiger charge is -1.99. The Kier molecular flexibility index (Phi) is 13.5. The van der Waals surface area contributed by atoms with Crippen LogP contribution in [-0.4, -0.2) is 45.6 Å². The van der Waals surface area contributed by atoms with Crippen LogP contribution in [0.25, 0.3) is 0 Å². The average Bonchev–Trinajstić information content (AvgIpc) is 2.58. The average molecular weight is 340 g/mol. The van der Waals surface area contributed by atoms with Gasteiger partial charge in [-0.15, -0.1) is 0 Å². The molecule has 0 atom stereocenters.